The summed E-state index contributed by atoms with van der Waals surface area (Å²) < 4.78 is 5.12. The normalized spacial score (nSPS) is 25.4. The van der Waals surface area contributed by atoms with Crippen molar-refractivity contribution < 1.29 is 4.52 Å². The number of pyridine rings is 1. The lowest BCUT2D eigenvalue weighted by Crippen LogP contribution is -1.92. The van der Waals surface area contributed by atoms with E-state index in [0.717, 1.165) is 12.2 Å². The number of nitrogens with zero attached hydrogens (tertiary/aromatic N) is 3. The summed E-state index contributed by atoms with van der Waals surface area (Å²) in [4.78, 5) is 8.57. The number of alkyl halides is 1. The van der Waals surface area contributed by atoms with Gasteiger partial charge in [-0.3, -0.25) is 4.98 Å². The molecule has 3 unspecified atom stereocenters. The van der Waals surface area contributed by atoms with Crippen molar-refractivity contribution in [3.8, 4) is 0 Å². The predicted molar refractivity (Wildman–Crippen MR) is 87.9 cm³/mol. The number of hydrogen-bond acceptors (Lipinski definition) is 4. The first-order valence-electron chi connectivity index (χ1n) is 7.77. The Morgan fingerprint density at radius 3 is 2.96 bits per heavy atom. The zero-order valence-corrected chi connectivity index (χ0v) is 13.1. The number of allylic oxidation sites excluding steroid dienone is 2. The molecule has 0 bridgehead atoms. The fourth-order valence-corrected chi connectivity index (χ4v) is 3.87. The predicted octanol–water partition coefficient (Wildman–Crippen LogP) is 4.17. The van der Waals surface area contributed by atoms with Gasteiger partial charge in [-0.1, -0.05) is 23.4 Å². The van der Waals surface area contributed by atoms with Gasteiger partial charge in [-0.15, -0.1) is 11.6 Å². The first kappa shape index (κ1) is 13.3. The maximum Gasteiger partial charge on any atom is 0.241 e. The van der Waals surface area contributed by atoms with Crippen LogP contribution in [0.4, 0.5) is 0 Å². The van der Waals surface area contributed by atoms with Gasteiger partial charge in [0.05, 0.1) is 0 Å². The Morgan fingerprint density at radius 2 is 2.17 bits per heavy atom. The lowest BCUT2D eigenvalue weighted by atomic mass is 9.98. The molecule has 0 spiro atoms. The fourth-order valence-electron chi connectivity index (χ4n) is 3.77. The monoisotopic (exact) mass is 323 g/mol. The first-order valence-corrected chi connectivity index (χ1v) is 8.30. The Kier molecular flexibility index (Phi) is 2.82. The van der Waals surface area contributed by atoms with E-state index in [0.29, 0.717) is 23.6 Å². The van der Waals surface area contributed by atoms with E-state index in [1.807, 2.05) is 18.5 Å². The summed E-state index contributed by atoms with van der Waals surface area (Å²) in [7, 11) is 0. The molecule has 3 aromatic rings. The van der Waals surface area contributed by atoms with E-state index < -0.39 is 0 Å². The Bertz CT molecular complexity index is 933. The molecule has 3 atom stereocenters. The molecule has 5 rings (SSSR count). The summed E-state index contributed by atoms with van der Waals surface area (Å²) >= 11 is 5.72. The molecule has 114 valence electrons. The Balaban J connectivity index is 1.41. The maximum atomic E-state index is 5.72. The molecule has 2 aromatic heterocycles. The lowest BCUT2D eigenvalue weighted by molar-refractivity contribution is 0.383. The molecule has 5 heteroatoms. The molecule has 23 heavy (non-hydrogen) atoms. The van der Waals surface area contributed by atoms with Crippen molar-refractivity contribution in [3.63, 3.8) is 0 Å². The molecule has 0 aliphatic heterocycles. The second-order valence-corrected chi connectivity index (χ2v) is 6.55. The molecular formula is C18H14ClN3O. The second kappa shape index (κ2) is 4.90. The summed E-state index contributed by atoms with van der Waals surface area (Å²) in [6.07, 6.45) is 7.21. The Labute approximate surface area is 138 Å². The highest BCUT2D eigenvalue weighted by atomic mass is 35.5. The van der Waals surface area contributed by atoms with Crippen LogP contribution in [0.1, 0.15) is 29.6 Å². The highest BCUT2D eigenvalue weighted by Crippen LogP contribution is 2.62. The molecule has 2 aliphatic carbocycles. The van der Waals surface area contributed by atoms with Crippen molar-refractivity contribution in [3.05, 3.63) is 60.0 Å². The first-order chi connectivity index (χ1) is 11.3. The van der Waals surface area contributed by atoms with Crippen LogP contribution in [0.3, 0.4) is 0 Å². The van der Waals surface area contributed by atoms with Gasteiger partial charge in [0.15, 0.2) is 5.82 Å². The quantitative estimate of drug-likeness (QED) is 0.679. The summed E-state index contributed by atoms with van der Waals surface area (Å²) in [5, 5.41) is 6.48. The summed E-state index contributed by atoms with van der Waals surface area (Å²) in [6, 6.07) is 8.64. The standard InChI is InChI=1S/C18H14ClN3O/c19-8-16-21-18(22-23-16)17-14-6-12(7-15(14)17)11-2-1-10-3-4-20-9-13(10)5-11/h1-6,9,14-15,17H,7-8H2. The smallest absolute Gasteiger partial charge is 0.241 e. The van der Waals surface area contributed by atoms with Crippen molar-refractivity contribution in [1.29, 1.82) is 0 Å². The molecule has 0 radical (unpaired) electrons. The average Bonchev–Trinajstić information content (AvgIpc) is 2.99. The van der Waals surface area contributed by atoms with E-state index in [9.17, 15) is 0 Å². The van der Waals surface area contributed by atoms with Crippen LogP contribution >= 0.6 is 11.6 Å². The SMILES string of the molecule is ClCc1nc(C2C3C=C(c4ccc5ccncc5c4)CC32)no1. The number of hydrogen-bond donors (Lipinski definition) is 0. The van der Waals surface area contributed by atoms with E-state index >= 15 is 0 Å². The summed E-state index contributed by atoms with van der Waals surface area (Å²) in [6.45, 7) is 0. The largest absolute Gasteiger partial charge is 0.338 e. The van der Waals surface area contributed by atoms with Gasteiger partial charge < -0.3 is 4.52 Å². The molecule has 2 aliphatic rings. The third kappa shape index (κ3) is 2.09. The van der Waals surface area contributed by atoms with Crippen molar-refractivity contribution >= 4 is 27.9 Å². The van der Waals surface area contributed by atoms with Gasteiger partial charge in [-0.2, -0.15) is 4.98 Å². The van der Waals surface area contributed by atoms with Crippen LogP contribution in [0.5, 0.6) is 0 Å². The molecule has 2 heterocycles. The molecular weight excluding hydrogens is 310 g/mol. The lowest BCUT2D eigenvalue weighted by Gasteiger charge is -2.07. The van der Waals surface area contributed by atoms with Crippen LogP contribution in [0.2, 0.25) is 0 Å². The van der Waals surface area contributed by atoms with Crippen LogP contribution in [0.25, 0.3) is 16.3 Å². The number of aromatic nitrogens is 3. The number of fused-ring (bicyclic) bond motifs is 2. The molecule has 1 saturated carbocycles. The van der Waals surface area contributed by atoms with Crippen molar-refractivity contribution in [2.45, 2.75) is 18.2 Å². The molecule has 0 saturated heterocycles. The fraction of sp³-hybridized carbons (Fsp3) is 0.278. The average molecular weight is 324 g/mol. The maximum absolute atomic E-state index is 5.72. The van der Waals surface area contributed by atoms with Crippen LogP contribution < -0.4 is 0 Å². The molecule has 1 fully saturated rings. The van der Waals surface area contributed by atoms with Crippen molar-refractivity contribution in [2.24, 2.45) is 11.8 Å². The van der Waals surface area contributed by atoms with Crippen LogP contribution in [0.15, 0.2) is 47.3 Å². The van der Waals surface area contributed by atoms with Gasteiger partial charge in [0.2, 0.25) is 5.89 Å². The number of benzene rings is 1. The Hall–Kier alpha value is -2.20. The van der Waals surface area contributed by atoms with Gasteiger partial charge >= 0.3 is 0 Å². The molecule has 0 N–H and O–H groups in total. The van der Waals surface area contributed by atoms with E-state index in [-0.39, 0.29) is 5.88 Å². The minimum absolute atomic E-state index is 0.279. The minimum Gasteiger partial charge on any atom is -0.338 e. The second-order valence-electron chi connectivity index (χ2n) is 6.28. The van der Waals surface area contributed by atoms with E-state index in [1.165, 1.54) is 21.9 Å². The third-order valence-corrected chi connectivity index (χ3v) is 5.21. The van der Waals surface area contributed by atoms with Crippen LogP contribution in [-0.2, 0) is 5.88 Å². The molecule has 4 nitrogen and oxygen atoms in total. The van der Waals surface area contributed by atoms with Crippen molar-refractivity contribution in [1.82, 2.24) is 15.1 Å². The Morgan fingerprint density at radius 1 is 1.22 bits per heavy atom. The summed E-state index contributed by atoms with van der Waals surface area (Å²) in [5.41, 5.74) is 2.72. The van der Waals surface area contributed by atoms with E-state index in [1.54, 1.807) is 0 Å². The van der Waals surface area contributed by atoms with Gasteiger partial charge in [0, 0.05) is 23.7 Å². The zero-order chi connectivity index (χ0) is 15.4. The van der Waals surface area contributed by atoms with Gasteiger partial charge in [0.25, 0.3) is 0 Å². The van der Waals surface area contributed by atoms with Gasteiger partial charge in [-0.05, 0) is 46.9 Å². The number of halogens is 1. The minimum atomic E-state index is 0.279. The molecule has 0 amide bonds. The van der Waals surface area contributed by atoms with Gasteiger partial charge in [0.1, 0.15) is 5.88 Å². The number of rotatable bonds is 3. The van der Waals surface area contributed by atoms with Crippen molar-refractivity contribution in [2.75, 3.05) is 0 Å². The van der Waals surface area contributed by atoms with E-state index in [2.05, 4.69) is 39.4 Å². The van der Waals surface area contributed by atoms with Gasteiger partial charge in [-0.25, -0.2) is 0 Å². The highest BCUT2D eigenvalue weighted by molar-refractivity contribution is 6.16. The van der Waals surface area contributed by atoms with Crippen LogP contribution in [-0.4, -0.2) is 15.1 Å². The van der Waals surface area contributed by atoms with Crippen LogP contribution in [0, 0.1) is 11.8 Å². The zero-order valence-electron chi connectivity index (χ0n) is 12.3. The summed E-state index contributed by atoms with van der Waals surface area (Å²) in [5.74, 6) is 3.15. The van der Waals surface area contributed by atoms with E-state index in [4.69, 9.17) is 16.1 Å². The highest BCUT2D eigenvalue weighted by Gasteiger charge is 2.55. The third-order valence-electron chi connectivity index (χ3n) is 4.99. The molecule has 1 aromatic carbocycles. The topological polar surface area (TPSA) is 51.8 Å².